The first-order valence-corrected chi connectivity index (χ1v) is 6.88. The van der Waals surface area contributed by atoms with Crippen molar-refractivity contribution in [2.75, 3.05) is 6.54 Å². The Hall–Kier alpha value is -1.85. The van der Waals surface area contributed by atoms with Gasteiger partial charge in [0.25, 0.3) is 0 Å². The van der Waals surface area contributed by atoms with E-state index >= 15 is 0 Å². The van der Waals surface area contributed by atoms with Crippen LogP contribution in [0.1, 0.15) is 23.7 Å². The van der Waals surface area contributed by atoms with Crippen LogP contribution < -0.4 is 5.32 Å². The molecule has 0 aromatic carbocycles. The molecule has 19 heavy (non-hydrogen) atoms. The third-order valence-electron chi connectivity index (χ3n) is 2.62. The number of hydrogen-bond acceptors (Lipinski definition) is 4. The Morgan fingerprint density at radius 1 is 1.53 bits per heavy atom. The summed E-state index contributed by atoms with van der Waals surface area (Å²) in [5, 5.41) is 16.4. The summed E-state index contributed by atoms with van der Waals surface area (Å²) < 4.78 is 4.89. The SMILES string of the molecule is O=C(C=Cc1ccsc1)NCCC(O)c1ccoc1. The number of furan rings is 1. The van der Waals surface area contributed by atoms with Crippen molar-refractivity contribution in [3.63, 3.8) is 0 Å². The Balaban J connectivity index is 1.69. The van der Waals surface area contributed by atoms with Crippen molar-refractivity contribution in [2.24, 2.45) is 0 Å². The fraction of sp³-hybridized carbons (Fsp3) is 0.214. The number of amides is 1. The molecule has 0 aliphatic rings. The molecular weight excluding hydrogens is 262 g/mol. The summed E-state index contributed by atoms with van der Waals surface area (Å²) in [5.74, 6) is -0.161. The summed E-state index contributed by atoms with van der Waals surface area (Å²) in [5.41, 5.74) is 1.74. The average molecular weight is 277 g/mol. The molecule has 0 saturated heterocycles. The Kier molecular flexibility index (Phi) is 4.94. The summed E-state index contributed by atoms with van der Waals surface area (Å²) in [6.45, 7) is 0.416. The van der Waals surface area contributed by atoms with Gasteiger partial charge >= 0.3 is 0 Å². The third kappa shape index (κ3) is 4.39. The maximum Gasteiger partial charge on any atom is 0.244 e. The third-order valence-corrected chi connectivity index (χ3v) is 3.32. The highest BCUT2D eigenvalue weighted by Gasteiger charge is 2.08. The number of carbonyl (C=O) groups is 1. The van der Waals surface area contributed by atoms with E-state index in [4.69, 9.17) is 4.42 Å². The van der Waals surface area contributed by atoms with Crippen LogP contribution in [0.5, 0.6) is 0 Å². The molecule has 2 rings (SSSR count). The van der Waals surface area contributed by atoms with E-state index in [9.17, 15) is 9.90 Å². The lowest BCUT2D eigenvalue weighted by Gasteiger charge is -2.08. The molecule has 0 radical (unpaired) electrons. The Bertz CT molecular complexity index is 517. The first kappa shape index (κ1) is 13.6. The largest absolute Gasteiger partial charge is 0.472 e. The van der Waals surface area contributed by atoms with Crippen molar-refractivity contribution in [2.45, 2.75) is 12.5 Å². The Morgan fingerprint density at radius 2 is 2.42 bits per heavy atom. The van der Waals surface area contributed by atoms with Crippen molar-refractivity contribution in [1.29, 1.82) is 0 Å². The predicted molar refractivity (Wildman–Crippen MR) is 74.6 cm³/mol. The zero-order chi connectivity index (χ0) is 13.5. The molecule has 0 spiro atoms. The van der Waals surface area contributed by atoms with E-state index < -0.39 is 6.10 Å². The molecular formula is C14H15NO3S. The van der Waals surface area contributed by atoms with Crippen LogP contribution in [0.2, 0.25) is 0 Å². The molecule has 0 aliphatic carbocycles. The van der Waals surface area contributed by atoms with Crippen molar-refractivity contribution in [3.8, 4) is 0 Å². The van der Waals surface area contributed by atoms with E-state index in [0.717, 1.165) is 11.1 Å². The Labute approximate surface area is 115 Å². The van der Waals surface area contributed by atoms with E-state index in [1.807, 2.05) is 16.8 Å². The van der Waals surface area contributed by atoms with Crippen LogP contribution >= 0.6 is 11.3 Å². The van der Waals surface area contributed by atoms with Crippen LogP contribution in [0.4, 0.5) is 0 Å². The standard InChI is InChI=1S/C14H15NO3S/c16-13(12-4-7-18-9-12)3-6-15-14(17)2-1-11-5-8-19-10-11/h1-2,4-5,7-10,13,16H,3,6H2,(H,15,17). The van der Waals surface area contributed by atoms with Crippen LogP contribution in [0, 0.1) is 0 Å². The second-order valence-corrected chi connectivity index (χ2v) is 4.82. The Morgan fingerprint density at radius 3 is 3.11 bits per heavy atom. The van der Waals surface area contributed by atoms with Gasteiger partial charge in [0.2, 0.25) is 5.91 Å². The smallest absolute Gasteiger partial charge is 0.244 e. The maximum atomic E-state index is 11.5. The predicted octanol–water partition coefficient (Wildman–Crippen LogP) is 2.59. The number of carbonyl (C=O) groups excluding carboxylic acids is 1. The van der Waals surface area contributed by atoms with Crippen LogP contribution in [-0.4, -0.2) is 17.6 Å². The van der Waals surface area contributed by atoms with Gasteiger partial charge in [0, 0.05) is 18.2 Å². The van der Waals surface area contributed by atoms with Gasteiger partial charge in [-0.1, -0.05) is 0 Å². The molecule has 0 bridgehead atoms. The minimum absolute atomic E-state index is 0.161. The second kappa shape index (κ2) is 6.92. The van der Waals surface area contributed by atoms with Crippen molar-refractivity contribution in [3.05, 3.63) is 52.6 Å². The van der Waals surface area contributed by atoms with Gasteiger partial charge in [-0.25, -0.2) is 0 Å². The minimum Gasteiger partial charge on any atom is -0.472 e. The topological polar surface area (TPSA) is 62.5 Å². The fourth-order valence-electron chi connectivity index (χ4n) is 1.56. The van der Waals surface area contributed by atoms with Gasteiger partial charge in [0.1, 0.15) is 0 Å². The van der Waals surface area contributed by atoms with Gasteiger partial charge in [-0.2, -0.15) is 11.3 Å². The monoisotopic (exact) mass is 277 g/mol. The zero-order valence-electron chi connectivity index (χ0n) is 10.3. The van der Waals surface area contributed by atoms with Crippen LogP contribution in [-0.2, 0) is 4.79 Å². The maximum absolute atomic E-state index is 11.5. The van der Waals surface area contributed by atoms with Crippen molar-refractivity contribution in [1.82, 2.24) is 5.32 Å². The molecule has 1 amide bonds. The summed E-state index contributed by atoms with van der Waals surface area (Å²) in [7, 11) is 0. The number of rotatable bonds is 6. The van der Waals surface area contributed by atoms with Crippen molar-refractivity contribution < 1.29 is 14.3 Å². The molecule has 2 heterocycles. The average Bonchev–Trinajstić information content (AvgIpc) is 3.09. The van der Waals surface area contributed by atoms with Crippen molar-refractivity contribution >= 4 is 23.3 Å². The van der Waals surface area contributed by atoms with E-state index in [1.165, 1.54) is 18.6 Å². The van der Waals surface area contributed by atoms with Gasteiger partial charge < -0.3 is 14.8 Å². The number of hydrogen-bond donors (Lipinski definition) is 2. The highest BCUT2D eigenvalue weighted by Crippen LogP contribution is 2.15. The summed E-state index contributed by atoms with van der Waals surface area (Å²) >= 11 is 1.59. The van der Waals surface area contributed by atoms with Crippen LogP contribution in [0.3, 0.4) is 0 Å². The zero-order valence-corrected chi connectivity index (χ0v) is 11.1. The van der Waals surface area contributed by atoms with E-state index in [2.05, 4.69) is 5.32 Å². The summed E-state index contributed by atoms with van der Waals surface area (Å²) in [6.07, 6.45) is 6.12. The number of nitrogens with one attached hydrogen (secondary N) is 1. The lowest BCUT2D eigenvalue weighted by Crippen LogP contribution is -2.23. The van der Waals surface area contributed by atoms with Gasteiger partial charge in [0.15, 0.2) is 0 Å². The van der Waals surface area contributed by atoms with Gasteiger partial charge in [-0.05, 0) is 41.0 Å². The van der Waals surface area contributed by atoms with E-state index in [1.54, 1.807) is 23.5 Å². The van der Waals surface area contributed by atoms with Crippen LogP contribution in [0.25, 0.3) is 6.08 Å². The molecule has 0 saturated carbocycles. The first-order chi connectivity index (χ1) is 9.25. The summed E-state index contributed by atoms with van der Waals surface area (Å²) in [6, 6.07) is 3.65. The normalized spacial score (nSPS) is 12.7. The molecule has 1 atom stereocenters. The molecule has 100 valence electrons. The molecule has 0 fully saturated rings. The number of thiophene rings is 1. The fourth-order valence-corrected chi connectivity index (χ4v) is 2.19. The highest BCUT2D eigenvalue weighted by molar-refractivity contribution is 7.08. The minimum atomic E-state index is -0.611. The van der Waals surface area contributed by atoms with E-state index in [-0.39, 0.29) is 5.91 Å². The molecule has 2 aromatic rings. The number of aliphatic hydroxyl groups is 1. The van der Waals surface area contributed by atoms with Gasteiger partial charge in [0.05, 0.1) is 18.6 Å². The number of aliphatic hydroxyl groups excluding tert-OH is 1. The molecule has 0 aliphatic heterocycles. The lowest BCUT2D eigenvalue weighted by atomic mass is 10.1. The second-order valence-electron chi connectivity index (χ2n) is 4.04. The van der Waals surface area contributed by atoms with Crippen LogP contribution in [0.15, 0.2) is 45.9 Å². The molecule has 2 aromatic heterocycles. The highest BCUT2D eigenvalue weighted by atomic mass is 32.1. The molecule has 5 heteroatoms. The van der Waals surface area contributed by atoms with Gasteiger partial charge in [-0.15, -0.1) is 0 Å². The quantitative estimate of drug-likeness (QED) is 0.798. The molecule has 1 unspecified atom stereocenters. The van der Waals surface area contributed by atoms with E-state index in [0.29, 0.717) is 13.0 Å². The molecule has 2 N–H and O–H groups in total. The lowest BCUT2D eigenvalue weighted by molar-refractivity contribution is -0.116. The molecule has 4 nitrogen and oxygen atoms in total. The summed E-state index contributed by atoms with van der Waals surface area (Å²) in [4.78, 5) is 11.5. The van der Waals surface area contributed by atoms with Gasteiger partial charge in [-0.3, -0.25) is 4.79 Å². The first-order valence-electron chi connectivity index (χ1n) is 5.94.